The van der Waals surface area contributed by atoms with Gasteiger partial charge in [-0.1, -0.05) is 58.7 Å². The fraction of sp³-hybridized carbons (Fsp3) is 0.333. The summed E-state index contributed by atoms with van der Waals surface area (Å²) in [7, 11) is 0. The maximum absolute atomic E-state index is 12.4. The van der Waals surface area contributed by atoms with Gasteiger partial charge in [-0.3, -0.25) is 14.7 Å². The molecule has 1 saturated carbocycles. The third kappa shape index (κ3) is 6.03. The molecule has 1 aliphatic carbocycles. The largest absolute Gasteiger partial charge is 0.335 e. The van der Waals surface area contributed by atoms with Crippen molar-refractivity contribution in [1.82, 2.24) is 25.4 Å². The zero-order valence-corrected chi connectivity index (χ0v) is 21.0. The minimum absolute atomic E-state index is 0.0569. The van der Waals surface area contributed by atoms with E-state index in [0.29, 0.717) is 11.0 Å². The van der Waals surface area contributed by atoms with Gasteiger partial charge in [0, 0.05) is 16.1 Å². The van der Waals surface area contributed by atoms with E-state index in [9.17, 15) is 9.59 Å². The smallest absolute Gasteiger partial charge is 0.321 e. The van der Waals surface area contributed by atoms with E-state index in [0.717, 1.165) is 52.5 Å². The molecular weight excluding hydrogens is 502 g/mol. The van der Waals surface area contributed by atoms with E-state index in [-0.39, 0.29) is 17.7 Å². The highest BCUT2D eigenvalue weighted by atomic mass is 79.9. The molecule has 172 valence electrons. The van der Waals surface area contributed by atoms with E-state index in [2.05, 4.69) is 55.0 Å². The van der Waals surface area contributed by atoms with Crippen molar-refractivity contribution >= 4 is 39.6 Å². The van der Waals surface area contributed by atoms with Gasteiger partial charge in [-0.15, -0.1) is 10.2 Å². The number of nitrogens with zero attached hydrogens (tertiary/aromatic N) is 3. The van der Waals surface area contributed by atoms with Gasteiger partial charge >= 0.3 is 6.03 Å². The van der Waals surface area contributed by atoms with Gasteiger partial charge in [0.1, 0.15) is 0 Å². The minimum atomic E-state index is -0.432. The molecule has 0 radical (unpaired) electrons. The molecule has 2 N–H and O–H groups in total. The van der Waals surface area contributed by atoms with Gasteiger partial charge in [0.15, 0.2) is 11.0 Å². The molecule has 0 spiro atoms. The summed E-state index contributed by atoms with van der Waals surface area (Å²) >= 11 is 4.72. The highest BCUT2D eigenvalue weighted by Crippen LogP contribution is 2.29. The third-order valence-corrected chi connectivity index (χ3v) is 6.93. The van der Waals surface area contributed by atoms with Gasteiger partial charge in [-0.25, -0.2) is 4.79 Å². The molecule has 1 aliphatic rings. The van der Waals surface area contributed by atoms with Gasteiger partial charge < -0.3 is 5.32 Å². The van der Waals surface area contributed by atoms with Crippen molar-refractivity contribution < 1.29 is 9.59 Å². The van der Waals surface area contributed by atoms with Crippen LogP contribution in [-0.4, -0.2) is 38.5 Å². The Bertz CT molecular complexity index is 1140. The van der Waals surface area contributed by atoms with E-state index in [4.69, 9.17) is 0 Å². The Morgan fingerprint density at radius 3 is 2.39 bits per heavy atom. The predicted octanol–water partition coefficient (Wildman–Crippen LogP) is 5.17. The number of nitrogens with one attached hydrogen (secondary N) is 2. The van der Waals surface area contributed by atoms with Crippen LogP contribution in [0.15, 0.2) is 52.1 Å². The number of thioether (sulfide) groups is 1. The zero-order valence-electron chi connectivity index (χ0n) is 18.6. The molecule has 1 heterocycles. The summed E-state index contributed by atoms with van der Waals surface area (Å²) in [5, 5.41) is 14.7. The first-order valence-corrected chi connectivity index (χ1v) is 12.7. The van der Waals surface area contributed by atoms with Crippen molar-refractivity contribution in [2.45, 2.75) is 50.7 Å². The van der Waals surface area contributed by atoms with Crippen molar-refractivity contribution in [3.8, 4) is 17.1 Å². The summed E-state index contributed by atoms with van der Waals surface area (Å²) in [4.78, 5) is 24.5. The molecule has 7 nitrogen and oxygen atoms in total. The molecule has 0 unspecified atom stereocenters. The van der Waals surface area contributed by atoms with Crippen molar-refractivity contribution in [3.63, 3.8) is 0 Å². The van der Waals surface area contributed by atoms with Crippen molar-refractivity contribution in [2.24, 2.45) is 0 Å². The lowest BCUT2D eigenvalue weighted by Gasteiger charge is -2.13. The zero-order chi connectivity index (χ0) is 23.4. The second-order valence-corrected chi connectivity index (χ2v) is 10.1. The molecule has 3 aromatic rings. The summed E-state index contributed by atoms with van der Waals surface area (Å²) < 4.78 is 2.94. The summed E-state index contributed by atoms with van der Waals surface area (Å²) in [6.45, 7) is 4.09. The Labute approximate surface area is 205 Å². The second kappa shape index (κ2) is 10.5. The van der Waals surface area contributed by atoms with Gasteiger partial charge in [0.25, 0.3) is 0 Å². The third-order valence-electron chi connectivity index (χ3n) is 5.48. The summed E-state index contributed by atoms with van der Waals surface area (Å²) in [5.74, 6) is 0.381. The number of urea groups is 1. The van der Waals surface area contributed by atoms with Crippen LogP contribution < -0.4 is 10.6 Å². The number of hydrogen-bond acceptors (Lipinski definition) is 5. The van der Waals surface area contributed by atoms with E-state index in [1.54, 1.807) is 0 Å². The molecule has 1 fully saturated rings. The number of aryl methyl sites for hydroxylation is 2. The number of aromatic nitrogens is 3. The highest BCUT2D eigenvalue weighted by molar-refractivity contribution is 9.10. The molecule has 0 bridgehead atoms. The lowest BCUT2D eigenvalue weighted by molar-refractivity contribution is -0.117. The van der Waals surface area contributed by atoms with Crippen LogP contribution in [0.1, 0.15) is 36.8 Å². The first kappa shape index (κ1) is 23.5. The molecule has 3 amide bonds. The van der Waals surface area contributed by atoms with Crippen LogP contribution in [0.25, 0.3) is 17.1 Å². The first-order valence-electron chi connectivity index (χ1n) is 10.9. The van der Waals surface area contributed by atoms with Crippen LogP contribution >= 0.6 is 27.7 Å². The van der Waals surface area contributed by atoms with Crippen molar-refractivity contribution in [2.75, 3.05) is 5.75 Å². The van der Waals surface area contributed by atoms with Gasteiger partial charge in [-0.05, 0) is 62.1 Å². The Morgan fingerprint density at radius 1 is 1.06 bits per heavy atom. The van der Waals surface area contributed by atoms with Crippen molar-refractivity contribution in [1.29, 1.82) is 0 Å². The number of rotatable bonds is 6. The molecule has 1 aromatic heterocycles. The molecule has 4 rings (SSSR count). The number of halogens is 1. The van der Waals surface area contributed by atoms with Crippen molar-refractivity contribution in [3.05, 3.63) is 58.1 Å². The standard InChI is InChI=1S/C24H26BrN5O2S/c1-15-11-16(2)13-20(12-15)30-22(17-7-9-18(25)10-8-17)28-29-24(30)33-14-21(31)27-23(32)26-19-5-3-4-6-19/h7-13,19H,3-6,14H2,1-2H3,(H2,26,27,31,32). The Kier molecular flexibility index (Phi) is 7.49. The SMILES string of the molecule is Cc1cc(C)cc(-n2c(SCC(=O)NC(=O)NC3CCCC3)nnc2-c2ccc(Br)cc2)c1. The van der Waals surface area contributed by atoms with Crippen LogP contribution in [0, 0.1) is 13.8 Å². The predicted molar refractivity (Wildman–Crippen MR) is 134 cm³/mol. The molecule has 0 saturated heterocycles. The number of amides is 3. The van der Waals surface area contributed by atoms with Gasteiger partial charge in [0.2, 0.25) is 5.91 Å². The average molecular weight is 528 g/mol. The van der Waals surface area contributed by atoms with Crippen LogP contribution in [-0.2, 0) is 4.79 Å². The summed E-state index contributed by atoms with van der Waals surface area (Å²) in [6, 6.07) is 13.8. The summed E-state index contributed by atoms with van der Waals surface area (Å²) in [6.07, 6.45) is 4.16. The Balaban J connectivity index is 1.54. The monoisotopic (exact) mass is 527 g/mol. The minimum Gasteiger partial charge on any atom is -0.335 e. The maximum atomic E-state index is 12.4. The number of carbonyl (C=O) groups excluding carboxylic acids is 2. The Hall–Kier alpha value is -2.65. The van der Waals surface area contributed by atoms with Crippen LogP contribution in [0.3, 0.4) is 0 Å². The molecule has 2 aromatic carbocycles. The molecule has 33 heavy (non-hydrogen) atoms. The quantitative estimate of drug-likeness (QED) is 0.431. The average Bonchev–Trinajstić information content (AvgIpc) is 3.42. The second-order valence-electron chi connectivity index (χ2n) is 8.29. The fourth-order valence-electron chi connectivity index (χ4n) is 4.05. The molecule has 9 heteroatoms. The number of hydrogen-bond donors (Lipinski definition) is 2. The van der Waals surface area contributed by atoms with Crippen LogP contribution in [0.5, 0.6) is 0 Å². The normalized spacial score (nSPS) is 13.8. The lowest BCUT2D eigenvalue weighted by Crippen LogP contribution is -2.44. The molecule has 0 atom stereocenters. The van der Waals surface area contributed by atoms with E-state index >= 15 is 0 Å². The lowest BCUT2D eigenvalue weighted by atomic mass is 10.1. The Morgan fingerprint density at radius 2 is 1.73 bits per heavy atom. The maximum Gasteiger partial charge on any atom is 0.321 e. The van der Waals surface area contributed by atoms with E-state index in [1.165, 1.54) is 11.8 Å². The number of carbonyl (C=O) groups is 2. The number of imide groups is 1. The van der Waals surface area contributed by atoms with Crippen LogP contribution in [0.2, 0.25) is 0 Å². The number of benzene rings is 2. The van der Waals surface area contributed by atoms with Gasteiger partial charge in [-0.2, -0.15) is 0 Å². The first-order chi connectivity index (χ1) is 15.9. The fourth-order valence-corrected chi connectivity index (χ4v) is 5.06. The highest BCUT2D eigenvalue weighted by Gasteiger charge is 2.20. The summed E-state index contributed by atoms with van der Waals surface area (Å²) in [5.41, 5.74) is 4.09. The van der Waals surface area contributed by atoms with Gasteiger partial charge in [0.05, 0.1) is 11.4 Å². The molecular formula is C24H26BrN5O2S. The van der Waals surface area contributed by atoms with E-state index < -0.39 is 6.03 Å². The van der Waals surface area contributed by atoms with E-state index in [1.807, 2.05) is 42.7 Å². The van der Waals surface area contributed by atoms with Crippen LogP contribution in [0.4, 0.5) is 4.79 Å². The molecule has 0 aliphatic heterocycles. The topological polar surface area (TPSA) is 88.9 Å².